The maximum Gasteiger partial charge on any atom is 0.416 e. The first-order chi connectivity index (χ1) is 16.7. The van der Waals surface area contributed by atoms with Crippen molar-refractivity contribution in [3.05, 3.63) is 69.2 Å². The van der Waals surface area contributed by atoms with Crippen LogP contribution in [0, 0.1) is 0 Å². The quantitative estimate of drug-likeness (QED) is 0.507. The molecule has 2 bridgehead atoms. The minimum absolute atomic E-state index is 0.0319. The molecule has 4 heterocycles. The van der Waals surface area contributed by atoms with Crippen LogP contribution in [0.1, 0.15) is 23.1 Å². The maximum absolute atomic E-state index is 13.5. The van der Waals surface area contributed by atoms with E-state index in [9.17, 15) is 18.0 Å². The van der Waals surface area contributed by atoms with E-state index in [1.807, 2.05) is 12.1 Å². The predicted octanol–water partition coefficient (Wildman–Crippen LogP) is 4.77. The zero-order valence-corrected chi connectivity index (χ0v) is 19.8. The number of nitrogens with one attached hydrogen (secondary N) is 1. The van der Waals surface area contributed by atoms with Crippen molar-refractivity contribution in [2.45, 2.75) is 31.2 Å². The van der Waals surface area contributed by atoms with Crippen LogP contribution >= 0.6 is 23.4 Å². The lowest BCUT2D eigenvalue weighted by molar-refractivity contribution is -0.138. The summed E-state index contributed by atoms with van der Waals surface area (Å²) in [5.74, 6) is -0.251. The first-order valence-electron chi connectivity index (χ1n) is 11.1. The number of carbonyl (C=O) groups excluding carboxylic acids is 1. The van der Waals surface area contributed by atoms with E-state index < -0.39 is 11.7 Å². The molecule has 6 nitrogen and oxygen atoms in total. The first kappa shape index (κ1) is 22.6. The minimum atomic E-state index is -4.51. The number of aliphatic imine (C=N–C) groups is 1. The average molecular weight is 518 g/mol. The zero-order valence-electron chi connectivity index (χ0n) is 18.2. The van der Waals surface area contributed by atoms with Gasteiger partial charge in [0, 0.05) is 35.6 Å². The third kappa shape index (κ3) is 4.23. The highest BCUT2D eigenvalue weighted by molar-refractivity contribution is 8.18. The smallest absolute Gasteiger partial charge is 0.345 e. The van der Waals surface area contributed by atoms with Crippen molar-refractivity contribution in [2.24, 2.45) is 4.99 Å². The molecule has 3 aromatic rings. The molecule has 2 fully saturated rings. The summed E-state index contributed by atoms with van der Waals surface area (Å²) in [7, 11) is 0. The van der Waals surface area contributed by atoms with Crippen LogP contribution in [0.3, 0.4) is 0 Å². The molecule has 0 spiro atoms. The van der Waals surface area contributed by atoms with Crippen LogP contribution < -0.4 is 5.32 Å². The Morgan fingerprint density at radius 1 is 1.23 bits per heavy atom. The molecule has 3 aliphatic heterocycles. The Morgan fingerprint density at radius 3 is 2.83 bits per heavy atom. The molecular weight excluding hydrogens is 499 g/mol. The number of fused-ring (bicyclic) bond motifs is 3. The summed E-state index contributed by atoms with van der Waals surface area (Å²) in [6.07, 6.45) is -0.0259. The number of hydrogen-bond donors (Lipinski definition) is 1. The normalized spacial score (nSPS) is 23.2. The lowest BCUT2D eigenvalue weighted by Crippen LogP contribution is -2.45. The second-order valence-electron chi connectivity index (χ2n) is 8.88. The predicted molar refractivity (Wildman–Crippen MR) is 130 cm³/mol. The number of thioether (sulfide) groups is 1. The van der Waals surface area contributed by atoms with Gasteiger partial charge in [0.25, 0.3) is 5.91 Å². The average Bonchev–Trinajstić information content (AvgIpc) is 3.59. The molecule has 0 saturated carbocycles. The van der Waals surface area contributed by atoms with Crippen LogP contribution in [0.2, 0.25) is 5.02 Å². The maximum atomic E-state index is 13.5. The number of piperazine rings is 1. The van der Waals surface area contributed by atoms with Gasteiger partial charge in [0.05, 0.1) is 28.7 Å². The standard InChI is InChI=1S/C24H19ClF3N5OS/c25-16-3-2-14(19(7-16)24(26,27)28)11-33-20-4-1-13(5-15(20)9-30-33)6-21-22(34)31-23(35-21)32-12-17-8-18(32)10-29-17/h1-7,9,17-18,29H,8,10-12H2. The molecule has 1 N–H and O–H groups in total. The van der Waals surface area contributed by atoms with E-state index in [1.165, 1.54) is 28.6 Å². The molecule has 1 aromatic heterocycles. The van der Waals surface area contributed by atoms with E-state index in [2.05, 4.69) is 20.3 Å². The molecule has 1 amide bonds. The SMILES string of the molecule is O=C1N=C(N2CC3CC2CN3)SC1=Cc1ccc2c(cnn2Cc2ccc(Cl)cc2C(F)(F)F)c1. The van der Waals surface area contributed by atoms with Gasteiger partial charge in [0.2, 0.25) is 0 Å². The fraction of sp³-hybridized carbons (Fsp3) is 0.292. The number of carbonyl (C=O) groups is 1. The van der Waals surface area contributed by atoms with E-state index >= 15 is 0 Å². The summed E-state index contributed by atoms with van der Waals surface area (Å²) in [5.41, 5.74) is 0.806. The third-order valence-electron chi connectivity index (χ3n) is 6.57. The van der Waals surface area contributed by atoms with Crippen molar-refractivity contribution in [1.82, 2.24) is 20.0 Å². The van der Waals surface area contributed by atoms with Crippen molar-refractivity contribution >= 4 is 51.4 Å². The topological polar surface area (TPSA) is 62.5 Å². The van der Waals surface area contributed by atoms with Gasteiger partial charge in [0.1, 0.15) is 0 Å². The number of aromatic nitrogens is 2. The Kier molecular flexibility index (Phi) is 5.43. The van der Waals surface area contributed by atoms with Gasteiger partial charge in [0.15, 0.2) is 5.17 Å². The number of likely N-dealkylation sites (tertiary alicyclic amines) is 1. The third-order valence-corrected chi connectivity index (χ3v) is 7.83. The summed E-state index contributed by atoms with van der Waals surface area (Å²) in [6, 6.07) is 10.1. The molecule has 180 valence electrons. The Hall–Kier alpha value is -2.82. The molecular formula is C24H19ClF3N5OS. The Bertz CT molecular complexity index is 1420. The molecule has 0 radical (unpaired) electrons. The number of alkyl halides is 3. The lowest BCUT2D eigenvalue weighted by Gasteiger charge is -2.28. The molecule has 35 heavy (non-hydrogen) atoms. The highest BCUT2D eigenvalue weighted by atomic mass is 35.5. The Labute approximate surface area is 207 Å². The van der Waals surface area contributed by atoms with Crippen molar-refractivity contribution in [2.75, 3.05) is 13.1 Å². The van der Waals surface area contributed by atoms with Crippen molar-refractivity contribution < 1.29 is 18.0 Å². The van der Waals surface area contributed by atoms with Crippen LogP contribution in [0.15, 0.2) is 52.5 Å². The molecule has 6 rings (SSSR count). The van der Waals surface area contributed by atoms with Crippen LogP contribution in [-0.4, -0.2) is 50.9 Å². The van der Waals surface area contributed by atoms with E-state index in [4.69, 9.17) is 11.6 Å². The fourth-order valence-electron chi connectivity index (χ4n) is 4.90. The Balaban J connectivity index is 1.23. The lowest BCUT2D eigenvalue weighted by atomic mass is 10.1. The van der Waals surface area contributed by atoms with Gasteiger partial charge in [-0.1, -0.05) is 23.7 Å². The van der Waals surface area contributed by atoms with Crippen LogP contribution in [-0.2, 0) is 17.5 Å². The summed E-state index contributed by atoms with van der Waals surface area (Å²) in [5, 5.41) is 9.30. The molecule has 11 heteroatoms. The number of benzene rings is 2. The summed E-state index contributed by atoms with van der Waals surface area (Å²) >= 11 is 7.18. The van der Waals surface area contributed by atoms with Crippen molar-refractivity contribution in [3.63, 3.8) is 0 Å². The molecule has 3 aliphatic rings. The summed E-state index contributed by atoms with van der Waals surface area (Å²) in [4.78, 5) is 19.6. The number of hydrogen-bond acceptors (Lipinski definition) is 5. The molecule has 0 aliphatic carbocycles. The highest BCUT2D eigenvalue weighted by Gasteiger charge is 2.41. The second kappa shape index (κ2) is 8.39. The van der Waals surface area contributed by atoms with E-state index in [1.54, 1.807) is 18.3 Å². The zero-order chi connectivity index (χ0) is 24.3. The van der Waals surface area contributed by atoms with Gasteiger partial charge in [-0.2, -0.15) is 23.3 Å². The van der Waals surface area contributed by atoms with Gasteiger partial charge in [-0.3, -0.25) is 9.48 Å². The van der Waals surface area contributed by atoms with Crippen molar-refractivity contribution in [3.8, 4) is 0 Å². The largest absolute Gasteiger partial charge is 0.416 e. The Morgan fingerprint density at radius 2 is 2.09 bits per heavy atom. The summed E-state index contributed by atoms with van der Waals surface area (Å²) in [6.45, 7) is 1.73. The van der Waals surface area contributed by atoms with Gasteiger partial charge in [-0.05, 0) is 59.7 Å². The monoisotopic (exact) mass is 517 g/mol. The number of amides is 1. The molecule has 2 saturated heterocycles. The summed E-state index contributed by atoms with van der Waals surface area (Å²) < 4.78 is 42.0. The number of halogens is 4. The van der Waals surface area contributed by atoms with Crippen LogP contribution in [0.5, 0.6) is 0 Å². The number of amidine groups is 1. The first-order valence-corrected chi connectivity index (χ1v) is 12.3. The van der Waals surface area contributed by atoms with Gasteiger partial charge < -0.3 is 10.2 Å². The van der Waals surface area contributed by atoms with Gasteiger partial charge >= 0.3 is 6.18 Å². The van der Waals surface area contributed by atoms with Crippen molar-refractivity contribution in [1.29, 1.82) is 0 Å². The number of rotatable bonds is 3. The molecule has 2 aromatic carbocycles. The van der Waals surface area contributed by atoms with E-state index in [0.29, 0.717) is 22.5 Å². The molecule has 2 atom stereocenters. The minimum Gasteiger partial charge on any atom is -0.345 e. The number of nitrogens with zero attached hydrogens (tertiary/aromatic N) is 4. The fourth-order valence-corrected chi connectivity index (χ4v) is 6.07. The second-order valence-corrected chi connectivity index (χ2v) is 10.3. The van der Waals surface area contributed by atoms with E-state index in [0.717, 1.165) is 41.7 Å². The van der Waals surface area contributed by atoms with Crippen LogP contribution in [0.4, 0.5) is 13.2 Å². The highest BCUT2D eigenvalue weighted by Crippen LogP contribution is 2.36. The van der Waals surface area contributed by atoms with Crippen LogP contribution in [0.25, 0.3) is 17.0 Å². The van der Waals surface area contributed by atoms with Gasteiger partial charge in [-0.15, -0.1) is 0 Å². The van der Waals surface area contributed by atoms with Gasteiger partial charge in [-0.25, -0.2) is 0 Å². The van der Waals surface area contributed by atoms with E-state index in [-0.39, 0.29) is 23.0 Å². The molecule has 2 unspecified atom stereocenters.